The van der Waals surface area contributed by atoms with Crippen molar-refractivity contribution in [3.63, 3.8) is 0 Å². The number of carbonyl (C=O) groups is 4. The fourth-order valence-corrected chi connectivity index (χ4v) is 5.72. The summed E-state index contributed by atoms with van der Waals surface area (Å²) in [6, 6.07) is 29.4. The Bertz CT molecular complexity index is 1730. The van der Waals surface area contributed by atoms with Gasteiger partial charge < -0.3 is 20.1 Å². The lowest BCUT2D eigenvalue weighted by Crippen LogP contribution is -2.31. The number of hydrogen-bond donors (Lipinski definition) is 2. The van der Waals surface area contributed by atoms with Crippen molar-refractivity contribution in [3.05, 3.63) is 120 Å². The number of nitrogens with one attached hydrogen (secondary N) is 2. The first-order valence-electron chi connectivity index (χ1n) is 13.7. The molecule has 1 aliphatic heterocycles. The van der Waals surface area contributed by atoms with Gasteiger partial charge in [0, 0.05) is 28.1 Å². The van der Waals surface area contributed by atoms with E-state index in [1.807, 2.05) is 6.07 Å². The van der Waals surface area contributed by atoms with Gasteiger partial charge in [-0.15, -0.1) is 11.8 Å². The highest BCUT2D eigenvalue weighted by molar-refractivity contribution is 8.00. The molecule has 0 spiro atoms. The normalized spacial score (nSPS) is 14.7. The number of benzene rings is 4. The predicted molar refractivity (Wildman–Crippen MR) is 170 cm³/mol. The molecule has 1 atom stereocenters. The Balaban J connectivity index is 1.37. The van der Waals surface area contributed by atoms with Crippen LogP contribution in [0.15, 0.2) is 114 Å². The highest BCUT2D eigenvalue weighted by Crippen LogP contribution is 2.35. The van der Waals surface area contributed by atoms with E-state index >= 15 is 0 Å². The van der Waals surface area contributed by atoms with Crippen molar-refractivity contribution >= 4 is 52.8 Å². The molecule has 1 heterocycles. The van der Waals surface area contributed by atoms with Gasteiger partial charge in [-0.2, -0.15) is 0 Å². The second kappa shape index (κ2) is 13.7. The van der Waals surface area contributed by atoms with Crippen molar-refractivity contribution in [1.82, 2.24) is 5.32 Å². The number of nitrogens with zero attached hydrogens (tertiary/aromatic N) is 1. The van der Waals surface area contributed by atoms with Gasteiger partial charge in [0.05, 0.1) is 25.2 Å². The van der Waals surface area contributed by atoms with Crippen LogP contribution in [0.2, 0.25) is 0 Å². The Labute approximate surface area is 258 Å². The summed E-state index contributed by atoms with van der Waals surface area (Å²) in [6.45, 7) is 0. The molecular formula is C34H29N3O6S. The van der Waals surface area contributed by atoms with E-state index in [-0.39, 0.29) is 23.9 Å². The zero-order valence-corrected chi connectivity index (χ0v) is 24.8. The number of carbonyl (C=O) groups excluding carboxylic acids is 4. The molecule has 0 aromatic heterocycles. The summed E-state index contributed by atoms with van der Waals surface area (Å²) in [4.78, 5) is 54.4. The summed E-state index contributed by atoms with van der Waals surface area (Å²) in [5.41, 5.74) is 1.84. The van der Waals surface area contributed by atoms with Gasteiger partial charge in [0.2, 0.25) is 11.8 Å². The molecule has 1 fully saturated rings. The Morgan fingerprint density at radius 2 is 1.59 bits per heavy atom. The maximum Gasteiger partial charge on any atom is 0.272 e. The number of anilines is 2. The van der Waals surface area contributed by atoms with Crippen LogP contribution in [0.5, 0.6) is 11.5 Å². The fourth-order valence-electron chi connectivity index (χ4n) is 4.60. The average Bonchev–Trinajstić information content (AvgIpc) is 3.33. The minimum Gasteiger partial charge on any atom is -0.497 e. The summed E-state index contributed by atoms with van der Waals surface area (Å²) >= 11 is 1.25. The summed E-state index contributed by atoms with van der Waals surface area (Å²) in [5, 5.41) is 4.95. The second-order valence-corrected chi connectivity index (χ2v) is 11.0. The predicted octanol–water partition coefficient (Wildman–Crippen LogP) is 5.54. The number of amides is 4. The minimum atomic E-state index is -0.602. The van der Waals surface area contributed by atoms with Crippen LogP contribution in [0.25, 0.3) is 6.08 Å². The summed E-state index contributed by atoms with van der Waals surface area (Å²) < 4.78 is 10.8. The van der Waals surface area contributed by atoms with Gasteiger partial charge in [-0.05, 0) is 66.7 Å². The van der Waals surface area contributed by atoms with E-state index in [0.717, 1.165) is 0 Å². The molecule has 1 aliphatic rings. The molecule has 222 valence electrons. The molecule has 0 bridgehead atoms. The average molecular weight is 608 g/mol. The number of rotatable bonds is 10. The Morgan fingerprint density at radius 1 is 0.864 bits per heavy atom. The van der Waals surface area contributed by atoms with Crippen LogP contribution in [-0.2, 0) is 14.4 Å². The zero-order valence-electron chi connectivity index (χ0n) is 24.0. The van der Waals surface area contributed by atoms with Crippen molar-refractivity contribution < 1.29 is 28.7 Å². The van der Waals surface area contributed by atoms with Crippen molar-refractivity contribution in [1.29, 1.82) is 0 Å². The molecular weight excluding hydrogens is 578 g/mol. The van der Waals surface area contributed by atoms with Gasteiger partial charge in [0.15, 0.2) is 0 Å². The zero-order chi connectivity index (χ0) is 31.1. The molecule has 4 aromatic rings. The number of para-hydroxylation sites is 1. The summed E-state index contributed by atoms with van der Waals surface area (Å²) in [6.07, 6.45) is 1.58. The van der Waals surface area contributed by atoms with Crippen LogP contribution in [0, 0.1) is 0 Å². The van der Waals surface area contributed by atoms with Crippen LogP contribution >= 0.6 is 11.8 Å². The third kappa shape index (κ3) is 6.99. The summed E-state index contributed by atoms with van der Waals surface area (Å²) in [7, 11) is 3.03. The van der Waals surface area contributed by atoms with E-state index in [1.165, 1.54) is 37.0 Å². The molecule has 5 rings (SSSR count). The fraction of sp³-hybridized carbons (Fsp3) is 0.118. The number of hydrogen-bond acceptors (Lipinski definition) is 7. The van der Waals surface area contributed by atoms with Gasteiger partial charge in [-0.1, -0.05) is 42.5 Å². The monoisotopic (exact) mass is 607 g/mol. The topological polar surface area (TPSA) is 114 Å². The lowest BCUT2D eigenvalue weighted by Gasteiger charge is -2.15. The van der Waals surface area contributed by atoms with Gasteiger partial charge in [-0.25, -0.2) is 4.90 Å². The maximum absolute atomic E-state index is 13.6. The van der Waals surface area contributed by atoms with Crippen LogP contribution in [0.3, 0.4) is 0 Å². The molecule has 10 heteroatoms. The quantitative estimate of drug-likeness (QED) is 0.180. The molecule has 4 amide bonds. The Morgan fingerprint density at radius 3 is 2.30 bits per heavy atom. The van der Waals surface area contributed by atoms with Crippen LogP contribution in [-0.4, -0.2) is 43.1 Å². The van der Waals surface area contributed by atoms with E-state index in [1.54, 1.807) is 97.1 Å². The molecule has 4 aromatic carbocycles. The molecule has 0 radical (unpaired) electrons. The van der Waals surface area contributed by atoms with Gasteiger partial charge in [0.1, 0.15) is 17.2 Å². The van der Waals surface area contributed by atoms with E-state index in [4.69, 9.17) is 9.47 Å². The lowest BCUT2D eigenvalue weighted by atomic mass is 10.1. The maximum atomic E-state index is 13.6. The Kier molecular flexibility index (Phi) is 9.41. The third-order valence-corrected chi connectivity index (χ3v) is 7.93. The second-order valence-electron chi connectivity index (χ2n) is 9.68. The number of ether oxygens (including phenoxy) is 2. The standard InChI is InChI=1S/C34H29N3O6S/c1-42-26-16-17-29(43-2)23(18-26)19-28(36-32(39)22-10-5-3-6-11-22)33(40)35-24-12-9-15-27(20-24)44-30-21-31(38)37(34(30)41)25-13-7-4-8-14-25/h3-20,30H,21H2,1-2H3,(H,35,40)(H,36,39)/b28-19-/t30-/m1/s1. The van der Waals surface area contributed by atoms with Crippen molar-refractivity contribution in [3.8, 4) is 11.5 Å². The smallest absolute Gasteiger partial charge is 0.272 e. The third-order valence-electron chi connectivity index (χ3n) is 6.76. The van der Waals surface area contributed by atoms with Crippen molar-refractivity contribution in [2.75, 3.05) is 24.4 Å². The largest absolute Gasteiger partial charge is 0.497 e. The van der Waals surface area contributed by atoms with Crippen molar-refractivity contribution in [2.45, 2.75) is 16.6 Å². The van der Waals surface area contributed by atoms with Gasteiger partial charge >= 0.3 is 0 Å². The van der Waals surface area contributed by atoms with E-state index < -0.39 is 17.1 Å². The first kappa shape index (κ1) is 30.1. The molecule has 1 saturated heterocycles. The van der Waals surface area contributed by atoms with E-state index in [0.29, 0.717) is 38.9 Å². The van der Waals surface area contributed by atoms with E-state index in [2.05, 4.69) is 10.6 Å². The van der Waals surface area contributed by atoms with Gasteiger partial charge in [0.25, 0.3) is 11.8 Å². The molecule has 9 nitrogen and oxygen atoms in total. The number of methoxy groups -OCH3 is 2. The SMILES string of the molecule is COc1ccc(OC)c(/C=C(\NC(=O)c2ccccc2)C(=O)Nc2cccc(S[C@@H]3CC(=O)N(c4ccccc4)C3=O)c2)c1. The van der Waals surface area contributed by atoms with Crippen molar-refractivity contribution in [2.24, 2.45) is 0 Å². The molecule has 2 N–H and O–H groups in total. The van der Waals surface area contributed by atoms with Crippen LogP contribution in [0.1, 0.15) is 22.3 Å². The lowest BCUT2D eigenvalue weighted by molar-refractivity contribution is -0.121. The van der Waals surface area contributed by atoms with Crippen LogP contribution in [0.4, 0.5) is 11.4 Å². The molecule has 0 saturated carbocycles. The van der Waals surface area contributed by atoms with Gasteiger partial charge in [-0.3, -0.25) is 19.2 Å². The first-order valence-corrected chi connectivity index (χ1v) is 14.5. The number of thioether (sulfide) groups is 1. The van der Waals surface area contributed by atoms with Crippen LogP contribution < -0.4 is 25.0 Å². The molecule has 44 heavy (non-hydrogen) atoms. The summed E-state index contributed by atoms with van der Waals surface area (Å²) in [5.74, 6) is -0.582. The Hall–Kier alpha value is -5.35. The highest BCUT2D eigenvalue weighted by Gasteiger charge is 2.40. The minimum absolute atomic E-state index is 0.0291. The highest BCUT2D eigenvalue weighted by atomic mass is 32.2. The molecule has 0 aliphatic carbocycles. The molecule has 0 unspecified atom stereocenters. The number of imide groups is 1. The van der Waals surface area contributed by atoms with E-state index in [9.17, 15) is 19.2 Å². The first-order chi connectivity index (χ1) is 21.4.